The molecule has 1 saturated heterocycles. The molecule has 1 unspecified atom stereocenters. The number of hydrogen-bond donors (Lipinski definition) is 1. The highest BCUT2D eigenvalue weighted by Crippen LogP contribution is 2.24. The van der Waals surface area contributed by atoms with Crippen LogP contribution in [0.25, 0.3) is 0 Å². The van der Waals surface area contributed by atoms with Crippen LogP contribution in [0.4, 0.5) is 0 Å². The van der Waals surface area contributed by atoms with Crippen molar-refractivity contribution in [3.8, 4) is 0 Å². The molecule has 1 saturated carbocycles. The van der Waals surface area contributed by atoms with Crippen LogP contribution in [0.2, 0.25) is 0 Å². The number of carbonyl (C=O) groups is 1. The lowest BCUT2D eigenvalue weighted by Gasteiger charge is -2.21. The molecule has 0 aromatic carbocycles. The van der Waals surface area contributed by atoms with E-state index in [1.54, 1.807) is 0 Å². The number of nitrogens with one attached hydrogen (secondary N) is 1. The normalized spacial score (nSPS) is 28.1. The minimum atomic E-state index is -2.78. The van der Waals surface area contributed by atoms with E-state index in [4.69, 9.17) is 0 Å². The molecule has 1 amide bonds. The molecule has 2 fully saturated rings. The lowest BCUT2D eigenvalue weighted by Crippen LogP contribution is -2.33. The first kappa shape index (κ1) is 13.8. The van der Waals surface area contributed by atoms with Crippen LogP contribution in [0, 0.1) is 11.8 Å². The third kappa shape index (κ3) is 3.97. The molecule has 0 radical (unpaired) electrons. The Balaban J connectivity index is 1.64. The van der Waals surface area contributed by atoms with Crippen LogP contribution in [-0.2, 0) is 14.6 Å². The molecule has 1 aliphatic carbocycles. The molecular formula is C13H23NO3S. The first-order valence-electron chi connectivity index (χ1n) is 7.05. The van der Waals surface area contributed by atoms with E-state index in [2.05, 4.69) is 5.32 Å². The van der Waals surface area contributed by atoms with Crippen LogP contribution in [0.3, 0.4) is 0 Å². The summed E-state index contributed by atoms with van der Waals surface area (Å²) in [7, 11) is -2.78. The highest BCUT2D eigenvalue weighted by atomic mass is 32.2. The van der Waals surface area contributed by atoms with E-state index in [1.807, 2.05) is 0 Å². The Hall–Kier alpha value is -0.580. The van der Waals surface area contributed by atoms with Crippen molar-refractivity contribution in [3.05, 3.63) is 0 Å². The van der Waals surface area contributed by atoms with Crippen molar-refractivity contribution in [1.82, 2.24) is 5.32 Å². The van der Waals surface area contributed by atoms with Crippen LogP contribution in [0.15, 0.2) is 0 Å². The summed E-state index contributed by atoms with van der Waals surface area (Å²) in [6, 6.07) is 0. The van der Waals surface area contributed by atoms with Crippen molar-refractivity contribution in [2.45, 2.75) is 44.9 Å². The van der Waals surface area contributed by atoms with Crippen LogP contribution >= 0.6 is 0 Å². The van der Waals surface area contributed by atoms with E-state index in [0.717, 1.165) is 25.7 Å². The zero-order valence-electron chi connectivity index (χ0n) is 10.9. The predicted octanol–water partition coefficient (Wildman–Crippen LogP) is 1.51. The third-order valence-corrected chi connectivity index (χ3v) is 5.99. The van der Waals surface area contributed by atoms with Crippen LogP contribution in [0.1, 0.15) is 44.9 Å². The van der Waals surface area contributed by atoms with Gasteiger partial charge < -0.3 is 5.32 Å². The number of amides is 1. The monoisotopic (exact) mass is 273 g/mol. The van der Waals surface area contributed by atoms with Crippen molar-refractivity contribution < 1.29 is 13.2 Å². The van der Waals surface area contributed by atoms with Crippen LogP contribution in [0.5, 0.6) is 0 Å². The van der Waals surface area contributed by atoms with Crippen molar-refractivity contribution in [3.63, 3.8) is 0 Å². The molecule has 1 N–H and O–H groups in total. The van der Waals surface area contributed by atoms with Crippen molar-refractivity contribution >= 4 is 15.7 Å². The molecule has 0 aromatic heterocycles. The van der Waals surface area contributed by atoms with Gasteiger partial charge >= 0.3 is 0 Å². The van der Waals surface area contributed by atoms with E-state index < -0.39 is 9.84 Å². The zero-order valence-corrected chi connectivity index (χ0v) is 11.7. The molecule has 18 heavy (non-hydrogen) atoms. The fraction of sp³-hybridized carbons (Fsp3) is 0.923. The van der Waals surface area contributed by atoms with Gasteiger partial charge in [0.15, 0.2) is 9.84 Å². The second-order valence-electron chi connectivity index (χ2n) is 5.68. The maximum atomic E-state index is 11.9. The SMILES string of the molecule is O=C(NCCC1CCS(=O)(=O)C1)C1CCCCC1. The third-order valence-electron chi connectivity index (χ3n) is 4.15. The van der Waals surface area contributed by atoms with Crippen molar-refractivity contribution in [2.75, 3.05) is 18.1 Å². The van der Waals surface area contributed by atoms with E-state index in [0.29, 0.717) is 18.1 Å². The van der Waals surface area contributed by atoms with E-state index in [9.17, 15) is 13.2 Å². The van der Waals surface area contributed by atoms with Gasteiger partial charge in [-0.25, -0.2) is 8.42 Å². The lowest BCUT2D eigenvalue weighted by molar-refractivity contribution is -0.125. The average Bonchev–Trinajstić information content (AvgIpc) is 2.70. The van der Waals surface area contributed by atoms with Crippen LogP contribution < -0.4 is 5.32 Å². The number of rotatable bonds is 4. The topological polar surface area (TPSA) is 63.2 Å². The van der Waals surface area contributed by atoms with Gasteiger partial charge in [0.2, 0.25) is 5.91 Å². The Bertz CT molecular complexity index is 385. The first-order chi connectivity index (χ1) is 8.57. The molecule has 1 heterocycles. The highest BCUT2D eigenvalue weighted by molar-refractivity contribution is 7.91. The van der Waals surface area contributed by atoms with Crippen LogP contribution in [-0.4, -0.2) is 32.4 Å². The molecule has 1 aliphatic heterocycles. The average molecular weight is 273 g/mol. The van der Waals surface area contributed by atoms with Crippen molar-refractivity contribution in [2.24, 2.45) is 11.8 Å². The van der Waals surface area contributed by atoms with Gasteiger partial charge in [0.1, 0.15) is 0 Å². The van der Waals surface area contributed by atoms with E-state index in [1.165, 1.54) is 19.3 Å². The number of carbonyl (C=O) groups excluding carboxylic acids is 1. The molecule has 0 bridgehead atoms. The summed E-state index contributed by atoms with van der Waals surface area (Å²) in [4.78, 5) is 11.9. The van der Waals surface area contributed by atoms with Gasteiger partial charge in [-0.2, -0.15) is 0 Å². The Kier molecular flexibility index (Phi) is 4.65. The molecular weight excluding hydrogens is 250 g/mol. The van der Waals surface area contributed by atoms with Gasteiger partial charge in [0, 0.05) is 12.5 Å². The lowest BCUT2D eigenvalue weighted by atomic mass is 9.88. The minimum Gasteiger partial charge on any atom is -0.356 e. The molecule has 104 valence electrons. The standard InChI is InChI=1S/C13H23NO3S/c15-13(12-4-2-1-3-5-12)14-8-6-11-7-9-18(16,17)10-11/h11-12H,1-10H2,(H,14,15). The minimum absolute atomic E-state index is 0.176. The summed E-state index contributed by atoms with van der Waals surface area (Å²) in [6.45, 7) is 0.634. The molecule has 4 nitrogen and oxygen atoms in total. The summed E-state index contributed by atoms with van der Waals surface area (Å²) < 4.78 is 22.6. The highest BCUT2D eigenvalue weighted by Gasteiger charge is 2.27. The molecule has 0 spiro atoms. The summed E-state index contributed by atoms with van der Waals surface area (Å²) in [6.07, 6.45) is 7.19. The summed E-state index contributed by atoms with van der Waals surface area (Å²) in [5.41, 5.74) is 0. The second kappa shape index (κ2) is 6.04. The first-order valence-corrected chi connectivity index (χ1v) is 8.87. The Morgan fingerprint density at radius 2 is 1.83 bits per heavy atom. The molecule has 2 rings (SSSR count). The fourth-order valence-electron chi connectivity index (χ4n) is 3.01. The Labute approximate surface area is 109 Å². The van der Waals surface area contributed by atoms with Gasteiger partial charge in [0.25, 0.3) is 0 Å². The zero-order chi connectivity index (χ0) is 13.0. The van der Waals surface area contributed by atoms with Gasteiger partial charge in [-0.15, -0.1) is 0 Å². The maximum absolute atomic E-state index is 11.9. The quantitative estimate of drug-likeness (QED) is 0.844. The van der Waals surface area contributed by atoms with Crippen molar-refractivity contribution in [1.29, 1.82) is 0 Å². The largest absolute Gasteiger partial charge is 0.356 e. The Morgan fingerprint density at radius 3 is 2.44 bits per heavy atom. The second-order valence-corrected chi connectivity index (χ2v) is 7.91. The number of sulfone groups is 1. The summed E-state index contributed by atoms with van der Waals surface area (Å²) in [5.74, 6) is 1.27. The predicted molar refractivity (Wildman–Crippen MR) is 71.0 cm³/mol. The smallest absolute Gasteiger partial charge is 0.223 e. The molecule has 5 heteroatoms. The van der Waals surface area contributed by atoms with E-state index >= 15 is 0 Å². The summed E-state index contributed by atoms with van der Waals surface area (Å²) in [5, 5.41) is 2.97. The van der Waals surface area contributed by atoms with Gasteiger partial charge in [-0.05, 0) is 31.6 Å². The van der Waals surface area contributed by atoms with Gasteiger partial charge in [-0.3, -0.25) is 4.79 Å². The molecule has 1 atom stereocenters. The number of hydrogen-bond acceptors (Lipinski definition) is 3. The maximum Gasteiger partial charge on any atom is 0.223 e. The van der Waals surface area contributed by atoms with Gasteiger partial charge in [-0.1, -0.05) is 19.3 Å². The Morgan fingerprint density at radius 1 is 1.11 bits per heavy atom. The van der Waals surface area contributed by atoms with Gasteiger partial charge in [0.05, 0.1) is 11.5 Å². The molecule has 2 aliphatic rings. The fourth-order valence-corrected chi connectivity index (χ4v) is 4.92. The summed E-state index contributed by atoms with van der Waals surface area (Å²) >= 11 is 0. The van der Waals surface area contributed by atoms with E-state index in [-0.39, 0.29) is 17.7 Å². The molecule has 0 aromatic rings.